The minimum absolute atomic E-state index is 0.107. The number of aliphatic carboxylic acids is 1. The average molecular weight is 322 g/mol. The molecule has 2 aromatic carbocycles. The molecule has 4 heteroatoms. The third kappa shape index (κ3) is 3.84. The van der Waals surface area contributed by atoms with E-state index in [1.54, 1.807) is 0 Å². The molecule has 0 saturated heterocycles. The van der Waals surface area contributed by atoms with Crippen molar-refractivity contribution in [2.45, 2.75) is 24.9 Å². The summed E-state index contributed by atoms with van der Waals surface area (Å²) in [6, 6.07) is 19.4. The quantitative estimate of drug-likeness (QED) is 0.822. The van der Waals surface area contributed by atoms with Gasteiger partial charge in [0.05, 0.1) is 0 Å². The van der Waals surface area contributed by atoms with Crippen molar-refractivity contribution < 1.29 is 9.90 Å². The van der Waals surface area contributed by atoms with Gasteiger partial charge in [-0.05, 0) is 30.2 Å². The van der Waals surface area contributed by atoms with Gasteiger partial charge in [-0.2, -0.15) is 0 Å². The third-order valence-corrected chi connectivity index (χ3v) is 4.39. The molecule has 0 fully saturated rings. The summed E-state index contributed by atoms with van der Waals surface area (Å²) >= 11 is 0. The molecule has 0 spiro atoms. The Morgan fingerprint density at radius 2 is 1.75 bits per heavy atom. The number of carboxylic acids is 1. The van der Waals surface area contributed by atoms with Crippen LogP contribution in [0.4, 0.5) is 5.69 Å². The molecule has 3 rings (SSSR count). The van der Waals surface area contributed by atoms with E-state index in [4.69, 9.17) is 0 Å². The molecule has 24 heavy (non-hydrogen) atoms. The molecule has 1 aliphatic carbocycles. The van der Waals surface area contributed by atoms with E-state index in [-0.39, 0.29) is 6.04 Å². The van der Waals surface area contributed by atoms with Gasteiger partial charge in [-0.1, -0.05) is 48.5 Å². The highest BCUT2D eigenvalue weighted by Crippen LogP contribution is 2.27. The van der Waals surface area contributed by atoms with Crippen LogP contribution in [-0.4, -0.2) is 30.2 Å². The Kier molecular flexibility index (Phi) is 4.96. The molecule has 0 amide bonds. The largest absolute Gasteiger partial charge is 0.480 e. The van der Waals surface area contributed by atoms with Crippen molar-refractivity contribution in [3.63, 3.8) is 0 Å². The summed E-state index contributed by atoms with van der Waals surface area (Å²) in [7, 11) is 2.04. The maximum atomic E-state index is 11.5. The fourth-order valence-electron chi connectivity index (χ4n) is 2.92. The molecule has 1 unspecified atom stereocenters. The SMILES string of the molecule is CN(C1=CC(N[C@@H](Cc2ccccc2)C(=O)O)C1)c1ccccc1. The first kappa shape index (κ1) is 16.3. The van der Waals surface area contributed by atoms with Crippen LogP contribution in [0.15, 0.2) is 72.4 Å². The molecule has 0 heterocycles. The Labute approximate surface area is 142 Å². The second kappa shape index (κ2) is 7.32. The van der Waals surface area contributed by atoms with Crippen molar-refractivity contribution in [2.75, 3.05) is 11.9 Å². The van der Waals surface area contributed by atoms with E-state index in [2.05, 4.69) is 28.4 Å². The number of rotatable bonds is 7. The summed E-state index contributed by atoms with van der Waals surface area (Å²) in [6.45, 7) is 0. The Balaban J connectivity index is 1.60. The fraction of sp³-hybridized carbons (Fsp3) is 0.250. The van der Waals surface area contributed by atoms with Crippen LogP contribution in [0.5, 0.6) is 0 Å². The molecule has 0 aromatic heterocycles. The van der Waals surface area contributed by atoms with Crippen molar-refractivity contribution >= 4 is 11.7 Å². The molecule has 2 aromatic rings. The number of carboxylic acid groups (broad SMARTS) is 1. The van der Waals surface area contributed by atoms with Crippen LogP contribution < -0.4 is 10.2 Å². The molecule has 4 nitrogen and oxygen atoms in total. The van der Waals surface area contributed by atoms with Crippen LogP contribution >= 0.6 is 0 Å². The minimum Gasteiger partial charge on any atom is -0.480 e. The molecule has 1 aliphatic rings. The Bertz CT molecular complexity index is 713. The first-order chi connectivity index (χ1) is 11.6. The number of benzene rings is 2. The fourth-order valence-corrected chi connectivity index (χ4v) is 2.92. The Morgan fingerprint density at radius 1 is 1.17 bits per heavy atom. The van der Waals surface area contributed by atoms with E-state index in [0.29, 0.717) is 6.42 Å². The smallest absolute Gasteiger partial charge is 0.321 e. The van der Waals surface area contributed by atoms with Gasteiger partial charge in [0, 0.05) is 30.9 Å². The second-order valence-electron chi connectivity index (χ2n) is 6.11. The van der Waals surface area contributed by atoms with Gasteiger partial charge in [0.15, 0.2) is 0 Å². The summed E-state index contributed by atoms with van der Waals surface area (Å²) in [5, 5.41) is 12.7. The van der Waals surface area contributed by atoms with Gasteiger partial charge in [-0.15, -0.1) is 0 Å². The second-order valence-corrected chi connectivity index (χ2v) is 6.11. The van der Waals surface area contributed by atoms with Crippen molar-refractivity contribution in [2.24, 2.45) is 0 Å². The van der Waals surface area contributed by atoms with Crippen molar-refractivity contribution in [1.82, 2.24) is 5.32 Å². The molecule has 2 atom stereocenters. The maximum Gasteiger partial charge on any atom is 0.321 e. The lowest BCUT2D eigenvalue weighted by Crippen LogP contribution is -2.48. The summed E-state index contributed by atoms with van der Waals surface area (Å²) in [4.78, 5) is 13.7. The van der Waals surface area contributed by atoms with Gasteiger partial charge in [0.25, 0.3) is 0 Å². The normalized spacial score (nSPS) is 17.5. The van der Waals surface area contributed by atoms with Gasteiger partial charge in [0.2, 0.25) is 0 Å². The molecule has 0 aliphatic heterocycles. The predicted octanol–water partition coefficient (Wildman–Crippen LogP) is 3.06. The monoisotopic (exact) mass is 322 g/mol. The number of nitrogens with one attached hydrogen (secondary N) is 1. The summed E-state index contributed by atoms with van der Waals surface area (Å²) in [6.07, 6.45) is 3.43. The lowest BCUT2D eigenvalue weighted by Gasteiger charge is -2.35. The molecule has 0 bridgehead atoms. The van der Waals surface area contributed by atoms with Crippen LogP contribution in [0.25, 0.3) is 0 Å². The zero-order valence-corrected chi connectivity index (χ0v) is 13.7. The van der Waals surface area contributed by atoms with Crippen LogP contribution in [0.3, 0.4) is 0 Å². The third-order valence-electron chi connectivity index (χ3n) is 4.39. The first-order valence-electron chi connectivity index (χ1n) is 8.16. The van der Waals surface area contributed by atoms with Gasteiger partial charge >= 0.3 is 5.97 Å². The molecular weight excluding hydrogens is 300 g/mol. The van der Waals surface area contributed by atoms with Crippen molar-refractivity contribution in [3.8, 4) is 0 Å². The standard InChI is InChI=1S/C20H22N2O2/c1-22(17-10-6-3-7-11-17)18-13-16(14-18)21-19(20(23)24)12-15-8-4-2-5-9-15/h2-11,13,16,19,21H,12,14H2,1H3,(H,23,24)/t16?,19-/m0/s1. The predicted molar refractivity (Wildman–Crippen MR) is 96.0 cm³/mol. The molecular formula is C20H22N2O2. The highest BCUT2D eigenvalue weighted by atomic mass is 16.4. The van der Waals surface area contributed by atoms with Crippen molar-refractivity contribution in [3.05, 3.63) is 78.0 Å². The van der Waals surface area contributed by atoms with E-state index < -0.39 is 12.0 Å². The number of carbonyl (C=O) groups is 1. The number of nitrogens with zero attached hydrogens (tertiary/aromatic N) is 1. The highest BCUT2D eigenvalue weighted by Gasteiger charge is 2.27. The van der Waals surface area contributed by atoms with E-state index in [0.717, 1.165) is 17.7 Å². The van der Waals surface area contributed by atoms with Crippen LogP contribution in [0, 0.1) is 0 Å². The minimum atomic E-state index is -0.808. The van der Waals surface area contributed by atoms with Crippen LogP contribution in [0.2, 0.25) is 0 Å². The van der Waals surface area contributed by atoms with Gasteiger partial charge in [0.1, 0.15) is 6.04 Å². The summed E-state index contributed by atoms with van der Waals surface area (Å²) < 4.78 is 0. The van der Waals surface area contributed by atoms with E-state index in [9.17, 15) is 9.90 Å². The Hall–Kier alpha value is -2.59. The van der Waals surface area contributed by atoms with Gasteiger partial charge < -0.3 is 10.0 Å². The van der Waals surface area contributed by atoms with Gasteiger partial charge in [-0.25, -0.2) is 0 Å². The lowest BCUT2D eigenvalue weighted by atomic mass is 9.95. The van der Waals surface area contributed by atoms with Crippen molar-refractivity contribution in [1.29, 1.82) is 0 Å². The molecule has 0 saturated carbocycles. The first-order valence-corrected chi connectivity index (χ1v) is 8.16. The summed E-state index contributed by atoms with van der Waals surface area (Å²) in [5.74, 6) is -0.808. The lowest BCUT2D eigenvalue weighted by molar-refractivity contribution is -0.139. The van der Waals surface area contributed by atoms with Crippen LogP contribution in [0.1, 0.15) is 12.0 Å². The molecule has 0 radical (unpaired) electrons. The number of anilines is 1. The summed E-state index contributed by atoms with van der Waals surface area (Å²) in [5.41, 5.74) is 3.38. The topological polar surface area (TPSA) is 52.6 Å². The zero-order chi connectivity index (χ0) is 16.9. The molecule has 124 valence electrons. The average Bonchev–Trinajstić information content (AvgIpc) is 2.57. The van der Waals surface area contributed by atoms with Gasteiger partial charge in [-0.3, -0.25) is 10.1 Å². The molecule has 2 N–H and O–H groups in total. The maximum absolute atomic E-state index is 11.5. The number of hydrogen-bond acceptors (Lipinski definition) is 3. The van der Waals surface area contributed by atoms with E-state index in [1.807, 2.05) is 55.6 Å². The zero-order valence-electron chi connectivity index (χ0n) is 13.7. The van der Waals surface area contributed by atoms with E-state index in [1.165, 1.54) is 5.70 Å². The number of para-hydroxylation sites is 1. The van der Waals surface area contributed by atoms with E-state index >= 15 is 0 Å². The highest BCUT2D eigenvalue weighted by molar-refractivity contribution is 5.74. The van der Waals surface area contributed by atoms with Crippen LogP contribution in [-0.2, 0) is 11.2 Å². The Morgan fingerprint density at radius 3 is 2.33 bits per heavy atom. The number of hydrogen-bond donors (Lipinski definition) is 2.